The van der Waals surface area contributed by atoms with Crippen molar-refractivity contribution in [1.29, 1.82) is 0 Å². The van der Waals surface area contributed by atoms with Crippen LogP contribution in [0.3, 0.4) is 0 Å². The number of aromatic nitrogens is 3. The van der Waals surface area contributed by atoms with Crippen molar-refractivity contribution in [3.05, 3.63) is 81.2 Å². The Bertz CT molecular complexity index is 1580. The van der Waals surface area contributed by atoms with Gasteiger partial charge >= 0.3 is 5.97 Å². The molecular formula is C27H28N4O5. The van der Waals surface area contributed by atoms with Crippen molar-refractivity contribution in [3.63, 3.8) is 0 Å². The summed E-state index contributed by atoms with van der Waals surface area (Å²) < 4.78 is 13.6. The quantitative estimate of drug-likeness (QED) is 0.290. The number of amides is 1. The number of nitrogens with zero attached hydrogens (tertiary/aromatic N) is 4. The van der Waals surface area contributed by atoms with E-state index in [0.717, 1.165) is 18.4 Å². The molecule has 1 aromatic carbocycles. The zero-order chi connectivity index (χ0) is 25.8. The predicted molar refractivity (Wildman–Crippen MR) is 135 cm³/mol. The number of hydrogen-bond donors (Lipinski definition) is 0. The van der Waals surface area contributed by atoms with E-state index in [1.807, 2.05) is 19.9 Å². The molecule has 4 aromatic rings. The van der Waals surface area contributed by atoms with Crippen LogP contribution in [-0.4, -0.2) is 39.5 Å². The van der Waals surface area contributed by atoms with Crippen LogP contribution in [0, 0.1) is 6.92 Å². The van der Waals surface area contributed by atoms with Crippen LogP contribution < -0.4 is 15.8 Å². The van der Waals surface area contributed by atoms with Gasteiger partial charge in [-0.3, -0.25) is 14.0 Å². The molecule has 3 heterocycles. The van der Waals surface area contributed by atoms with E-state index < -0.39 is 11.9 Å². The van der Waals surface area contributed by atoms with Gasteiger partial charge in [-0.25, -0.2) is 9.78 Å². The number of aryl methyl sites for hydroxylation is 2. The zero-order valence-corrected chi connectivity index (χ0v) is 20.8. The minimum Gasteiger partial charge on any atom is -0.497 e. The number of esters is 1. The lowest BCUT2D eigenvalue weighted by Gasteiger charge is -2.15. The summed E-state index contributed by atoms with van der Waals surface area (Å²) in [7, 11) is 1.54. The molecule has 0 N–H and O–H groups in total. The van der Waals surface area contributed by atoms with Gasteiger partial charge in [0, 0.05) is 18.3 Å². The van der Waals surface area contributed by atoms with Gasteiger partial charge in [-0.1, -0.05) is 19.4 Å². The van der Waals surface area contributed by atoms with E-state index in [0.29, 0.717) is 29.2 Å². The summed E-state index contributed by atoms with van der Waals surface area (Å²) in [6.07, 6.45) is 3.21. The number of rotatable bonds is 7. The van der Waals surface area contributed by atoms with E-state index in [1.54, 1.807) is 55.1 Å². The standard InChI is InChI=1S/C27H28N4O5/c1-5-7-14-30-23-20(26(33)31-15-8-9-17(3)22(31)28-23)16-21(27(34)36-6-2)24(30)29-25(32)18-10-12-19(35-4)13-11-18/h8-13,15-16H,5-7,14H2,1-4H3. The fraction of sp³-hybridized carbons (Fsp3) is 0.296. The van der Waals surface area contributed by atoms with E-state index in [2.05, 4.69) is 4.99 Å². The smallest absolute Gasteiger partial charge is 0.341 e. The number of hydrogen-bond acceptors (Lipinski definition) is 6. The predicted octanol–water partition coefficient (Wildman–Crippen LogP) is 3.68. The molecule has 0 radical (unpaired) electrons. The lowest BCUT2D eigenvalue weighted by atomic mass is 10.1. The van der Waals surface area contributed by atoms with Gasteiger partial charge < -0.3 is 14.0 Å². The fourth-order valence-corrected chi connectivity index (χ4v) is 3.99. The maximum Gasteiger partial charge on any atom is 0.341 e. The molecule has 0 atom stereocenters. The van der Waals surface area contributed by atoms with E-state index >= 15 is 0 Å². The highest BCUT2D eigenvalue weighted by Crippen LogP contribution is 2.15. The molecule has 3 aromatic heterocycles. The number of carbonyl (C=O) groups is 2. The van der Waals surface area contributed by atoms with Crippen LogP contribution in [0.1, 0.15) is 53.0 Å². The highest BCUT2D eigenvalue weighted by molar-refractivity contribution is 5.97. The van der Waals surface area contributed by atoms with Crippen molar-refractivity contribution >= 4 is 28.6 Å². The molecule has 36 heavy (non-hydrogen) atoms. The van der Waals surface area contributed by atoms with Crippen molar-refractivity contribution in [2.75, 3.05) is 13.7 Å². The lowest BCUT2D eigenvalue weighted by Crippen LogP contribution is -2.33. The fourth-order valence-electron chi connectivity index (χ4n) is 3.99. The second-order valence-electron chi connectivity index (χ2n) is 8.29. The molecule has 9 heteroatoms. The minimum absolute atomic E-state index is 0.0359. The molecule has 0 aliphatic carbocycles. The van der Waals surface area contributed by atoms with Crippen molar-refractivity contribution in [1.82, 2.24) is 14.0 Å². The largest absolute Gasteiger partial charge is 0.497 e. The van der Waals surface area contributed by atoms with Gasteiger partial charge in [-0.05, 0) is 62.2 Å². The number of pyridine rings is 2. The van der Waals surface area contributed by atoms with Crippen molar-refractivity contribution < 1.29 is 19.1 Å². The second-order valence-corrected chi connectivity index (χ2v) is 8.29. The number of ether oxygens (including phenoxy) is 2. The van der Waals surface area contributed by atoms with Crippen molar-refractivity contribution in [2.45, 2.75) is 40.2 Å². The van der Waals surface area contributed by atoms with E-state index in [1.165, 1.54) is 10.5 Å². The van der Waals surface area contributed by atoms with Gasteiger partial charge in [0.2, 0.25) is 0 Å². The van der Waals surface area contributed by atoms with Crippen molar-refractivity contribution in [3.8, 4) is 5.75 Å². The van der Waals surface area contributed by atoms with Crippen LogP contribution in [0.15, 0.2) is 58.4 Å². The summed E-state index contributed by atoms with van der Waals surface area (Å²) in [5, 5.41) is 0.244. The molecule has 4 rings (SSSR count). The van der Waals surface area contributed by atoms with Gasteiger partial charge in [0.05, 0.1) is 19.1 Å². The monoisotopic (exact) mass is 488 g/mol. The first kappa shape index (κ1) is 24.8. The number of unbranched alkanes of at least 4 members (excludes halogenated alkanes) is 1. The second kappa shape index (κ2) is 10.6. The molecular weight excluding hydrogens is 460 g/mol. The number of benzene rings is 1. The Hall–Kier alpha value is -4.27. The van der Waals surface area contributed by atoms with Gasteiger partial charge in [-0.15, -0.1) is 0 Å². The summed E-state index contributed by atoms with van der Waals surface area (Å²) in [4.78, 5) is 48.8. The summed E-state index contributed by atoms with van der Waals surface area (Å²) >= 11 is 0. The first-order valence-electron chi connectivity index (χ1n) is 11.8. The molecule has 0 unspecified atom stereocenters. The van der Waals surface area contributed by atoms with Gasteiger partial charge in [0.15, 0.2) is 5.49 Å². The summed E-state index contributed by atoms with van der Waals surface area (Å²) in [6.45, 7) is 6.13. The van der Waals surface area contributed by atoms with E-state index in [4.69, 9.17) is 14.5 Å². The maximum absolute atomic E-state index is 13.5. The minimum atomic E-state index is -0.667. The Labute approximate surface area is 207 Å². The normalized spacial score (nSPS) is 11.7. The Balaban J connectivity index is 2.09. The first-order valence-corrected chi connectivity index (χ1v) is 11.8. The van der Waals surface area contributed by atoms with Crippen LogP contribution >= 0.6 is 0 Å². The van der Waals surface area contributed by atoms with Gasteiger partial charge in [-0.2, -0.15) is 4.99 Å². The van der Waals surface area contributed by atoms with E-state index in [9.17, 15) is 14.4 Å². The lowest BCUT2D eigenvalue weighted by molar-refractivity contribution is 0.0523. The van der Waals surface area contributed by atoms with Gasteiger partial charge in [0.1, 0.15) is 22.6 Å². The summed E-state index contributed by atoms with van der Waals surface area (Å²) in [5.74, 6) is -0.601. The Morgan fingerprint density at radius 1 is 1.08 bits per heavy atom. The highest BCUT2D eigenvalue weighted by Gasteiger charge is 2.20. The molecule has 0 saturated carbocycles. The number of carbonyl (C=O) groups excluding carboxylic acids is 2. The molecule has 9 nitrogen and oxygen atoms in total. The number of methoxy groups -OCH3 is 1. The molecule has 0 aliphatic rings. The first-order chi connectivity index (χ1) is 17.4. The molecule has 1 amide bonds. The van der Waals surface area contributed by atoms with Crippen LogP contribution in [-0.2, 0) is 11.3 Å². The van der Waals surface area contributed by atoms with Gasteiger partial charge in [0.25, 0.3) is 11.5 Å². The summed E-state index contributed by atoms with van der Waals surface area (Å²) in [6, 6.07) is 11.6. The topological polar surface area (TPSA) is 104 Å². The third-order valence-corrected chi connectivity index (χ3v) is 5.88. The van der Waals surface area contributed by atoms with Crippen LogP contribution in [0.5, 0.6) is 5.75 Å². The van der Waals surface area contributed by atoms with Crippen LogP contribution in [0.2, 0.25) is 0 Å². The highest BCUT2D eigenvalue weighted by atomic mass is 16.5. The maximum atomic E-state index is 13.5. The molecule has 186 valence electrons. The van der Waals surface area contributed by atoms with Crippen LogP contribution in [0.4, 0.5) is 0 Å². The zero-order valence-electron chi connectivity index (χ0n) is 20.8. The average molecular weight is 489 g/mol. The molecule has 0 fully saturated rings. The van der Waals surface area contributed by atoms with Crippen molar-refractivity contribution in [2.24, 2.45) is 4.99 Å². The Morgan fingerprint density at radius 2 is 1.83 bits per heavy atom. The molecule has 0 bridgehead atoms. The molecule has 0 aliphatic heterocycles. The SMILES string of the molecule is CCCCn1c(=NC(=O)c2ccc(OC)cc2)c(C(=O)OCC)cc2c(=O)n3cccc(C)c3nc21. The molecule has 0 spiro atoms. The van der Waals surface area contributed by atoms with E-state index in [-0.39, 0.29) is 28.6 Å². The third kappa shape index (κ3) is 4.64. The Kier molecular flexibility index (Phi) is 7.28. The Morgan fingerprint density at radius 3 is 2.50 bits per heavy atom. The third-order valence-electron chi connectivity index (χ3n) is 5.88. The average Bonchev–Trinajstić information content (AvgIpc) is 2.88. The van der Waals surface area contributed by atoms with Crippen LogP contribution in [0.25, 0.3) is 16.7 Å². The molecule has 0 saturated heterocycles. The number of fused-ring (bicyclic) bond motifs is 2. The summed E-state index contributed by atoms with van der Waals surface area (Å²) in [5.41, 5.74) is 1.83.